The monoisotopic (exact) mass is 226 g/mol. The fourth-order valence-electron chi connectivity index (χ4n) is 1.06. The molecule has 2 aromatic heterocycles. The molecule has 0 aromatic carbocycles. The van der Waals surface area contributed by atoms with Gasteiger partial charge in [0.05, 0.1) is 10.4 Å². The third kappa shape index (κ3) is 1.58. The van der Waals surface area contributed by atoms with Gasteiger partial charge in [0.15, 0.2) is 0 Å². The highest BCUT2D eigenvalue weighted by Gasteiger charge is 2.10. The van der Waals surface area contributed by atoms with E-state index in [1.807, 2.05) is 5.38 Å². The molecule has 0 radical (unpaired) electrons. The molecule has 2 aromatic rings. The topological polar surface area (TPSA) is 35.0 Å². The van der Waals surface area contributed by atoms with Crippen LogP contribution in [0.2, 0.25) is 5.02 Å². The quantitative estimate of drug-likeness (QED) is 0.755. The fourth-order valence-corrected chi connectivity index (χ4v) is 2.18. The van der Waals surface area contributed by atoms with Crippen LogP contribution >= 0.6 is 22.9 Å². The second kappa shape index (κ2) is 3.94. The third-order valence-corrected chi connectivity index (χ3v) is 2.94. The average molecular weight is 227 g/mol. The second-order valence-electron chi connectivity index (χ2n) is 2.54. The summed E-state index contributed by atoms with van der Waals surface area (Å²) < 4.78 is 5.36. The Morgan fingerprint density at radius 3 is 3.21 bits per heavy atom. The summed E-state index contributed by atoms with van der Waals surface area (Å²) >= 11 is 7.45. The van der Waals surface area contributed by atoms with Gasteiger partial charge in [-0.2, -0.15) is 0 Å². The Morgan fingerprint density at radius 1 is 1.57 bits per heavy atom. The summed E-state index contributed by atoms with van der Waals surface area (Å²) in [6.45, 7) is 3.98. The molecule has 14 heavy (non-hydrogen) atoms. The molecule has 0 aliphatic heterocycles. The summed E-state index contributed by atoms with van der Waals surface area (Å²) in [6, 6.07) is 0. The van der Waals surface area contributed by atoms with E-state index in [9.17, 15) is 0 Å². The highest BCUT2D eigenvalue weighted by Crippen LogP contribution is 2.33. The zero-order chi connectivity index (χ0) is 9.97. The molecule has 2 rings (SSSR count). The number of hydrogen-bond donors (Lipinski definition) is 0. The van der Waals surface area contributed by atoms with Crippen molar-refractivity contribution in [1.29, 1.82) is 0 Å². The first-order valence-electron chi connectivity index (χ1n) is 3.94. The van der Waals surface area contributed by atoms with Crippen LogP contribution in [0.25, 0.3) is 10.2 Å². The second-order valence-corrected chi connectivity index (χ2v) is 3.81. The van der Waals surface area contributed by atoms with E-state index < -0.39 is 0 Å². The molecule has 0 bridgehead atoms. The van der Waals surface area contributed by atoms with Crippen molar-refractivity contribution in [2.45, 2.75) is 0 Å². The van der Waals surface area contributed by atoms with Crippen LogP contribution in [0.1, 0.15) is 0 Å². The average Bonchev–Trinajstić information content (AvgIpc) is 2.58. The maximum absolute atomic E-state index is 5.98. The van der Waals surface area contributed by atoms with Crippen LogP contribution in [-0.4, -0.2) is 16.6 Å². The highest BCUT2D eigenvalue weighted by molar-refractivity contribution is 7.17. The summed E-state index contributed by atoms with van der Waals surface area (Å²) in [4.78, 5) is 8.94. The van der Waals surface area contributed by atoms with Crippen molar-refractivity contribution >= 4 is 33.2 Å². The van der Waals surface area contributed by atoms with Gasteiger partial charge >= 0.3 is 0 Å². The minimum Gasteiger partial charge on any atom is -0.473 e. The molecule has 0 spiro atoms. The molecule has 0 fully saturated rings. The Hall–Kier alpha value is -1.13. The summed E-state index contributed by atoms with van der Waals surface area (Å²) in [6.07, 6.45) is 3.13. The van der Waals surface area contributed by atoms with E-state index >= 15 is 0 Å². The van der Waals surface area contributed by atoms with Crippen molar-refractivity contribution in [2.75, 3.05) is 6.61 Å². The third-order valence-electron chi connectivity index (χ3n) is 1.63. The van der Waals surface area contributed by atoms with Crippen molar-refractivity contribution in [2.24, 2.45) is 0 Å². The van der Waals surface area contributed by atoms with Gasteiger partial charge in [-0.15, -0.1) is 11.3 Å². The van der Waals surface area contributed by atoms with Gasteiger partial charge in [0.1, 0.15) is 17.8 Å². The van der Waals surface area contributed by atoms with Crippen molar-refractivity contribution in [3.8, 4) is 5.88 Å². The molecule has 0 aliphatic carbocycles. The molecular formula is C9H7ClN2OS. The van der Waals surface area contributed by atoms with Gasteiger partial charge in [0, 0.05) is 5.38 Å². The van der Waals surface area contributed by atoms with Gasteiger partial charge in [-0.1, -0.05) is 24.3 Å². The van der Waals surface area contributed by atoms with Gasteiger partial charge in [-0.05, 0) is 0 Å². The van der Waals surface area contributed by atoms with Crippen LogP contribution in [0.4, 0.5) is 0 Å². The number of thiophene rings is 1. The van der Waals surface area contributed by atoms with Crippen LogP contribution in [0.5, 0.6) is 5.88 Å². The van der Waals surface area contributed by atoms with Gasteiger partial charge in [-0.3, -0.25) is 0 Å². The molecule has 72 valence electrons. The van der Waals surface area contributed by atoms with E-state index in [1.54, 1.807) is 6.08 Å². The van der Waals surface area contributed by atoms with Gasteiger partial charge in [0.2, 0.25) is 5.88 Å². The molecular weight excluding hydrogens is 220 g/mol. The van der Waals surface area contributed by atoms with Gasteiger partial charge in [-0.25, -0.2) is 9.97 Å². The summed E-state index contributed by atoms with van der Waals surface area (Å²) in [5.41, 5.74) is 0. The molecule has 0 N–H and O–H groups in total. The fraction of sp³-hybridized carbons (Fsp3) is 0.111. The molecule has 0 saturated heterocycles. The van der Waals surface area contributed by atoms with Crippen LogP contribution in [-0.2, 0) is 0 Å². The van der Waals surface area contributed by atoms with Crippen LogP contribution in [0, 0.1) is 0 Å². The van der Waals surface area contributed by atoms with E-state index in [0.29, 0.717) is 17.5 Å². The first-order chi connectivity index (χ1) is 6.83. The maximum Gasteiger partial charge on any atom is 0.227 e. The zero-order valence-corrected chi connectivity index (χ0v) is 8.81. The minimum atomic E-state index is 0.415. The summed E-state index contributed by atoms with van der Waals surface area (Å²) in [5.74, 6) is 0.515. The Morgan fingerprint density at radius 2 is 2.43 bits per heavy atom. The summed E-state index contributed by atoms with van der Waals surface area (Å²) in [5, 5.41) is 3.23. The lowest BCUT2D eigenvalue weighted by molar-refractivity contribution is 0.353. The van der Waals surface area contributed by atoms with Gasteiger partial charge < -0.3 is 4.74 Å². The Balaban J connectivity index is 2.51. The Labute approximate surface area is 90.0 Å². The Bertz CT molecular complexity index is 469. The standard InChI is InChI=1S/C9H7ClN2OS/c1-2-3-13-8-7-6(10)4-14-9(7)12-5-11-8/h2,4-5H,1,3H2. The predicted molar refractivity (Wildman–Crippen MR) is 58.1 cm³/mol. The Kier molecular flexibility index (Phi) is 2.65. The normalized spacial score (nSPS) is 10.4. The number of aromatic nitrogens is 2. The first-order valence-corrected chi connectivity index (χ1v) is 5.20. The van der Waals surface area contributed by atoms with Gasteiger partial charge in [0.25, 0.3) is 0 Å². The largest absolute Gasteiger partial charge is 0.473 e. The molecule has 2 heterocycles. The lowest BCUT2D eigenvalue weighted by Gasteiger charge is -2.02. The number of fused-ring (bicyclic) bond motifs is 1. The lowest BCUT2D eigenvalue weighted by Crippen LogP contribution is -1.96. The van der Waals surface area contributed by atoms with Crippen LogP contribution < -0.4 is 4.74 Å². The number of rotatable bonds is 3. The SMILES string of the molecule is C=CCOc1ncnc2scc(Cl)c12. The predicted octanol–water partition coefficient (Wildman–Crippen LogP) is 2.91. The molecule has 3 nitrogen and oxygen atoms in total. The molecule has 0 amide bonds. The lowest BCUT2D eigenvalue weighted by atomic mass is 10.4. The minimum absolute atomic E-state index is 0.415. The van der Waals surface area contributed by atoms with Crippen LogP contribution in [0.3, 0.4) is 0 Å². The molecule has 0 saturated carbocycles. The molecule has 5 heteroatoms. The zero-order valence-electron chi connectivity index (χ0n) is 7.24. The smallest absolute Gasteiger partial charge is 0.227 e. The highest BCUT2D eigenvalue weighted by atomic mass is 35.5. The molecule has 0 atom stereocenters. The van der Waals surface area contributed by atoms with Crippen molar-refractivity contribution in [3.63, 3.8) is 0 Å². The molecule has 0 aliphatic rings. The first kappa shape index (κ1) is 9.43. The number of ether oxygens (including phenoxy) is 1. The summed E-state index contributed by atoms with van der Waals surface area (Å²) in [7, 11) is 0. The van der Waals surface area contributed by atoms with E-state index in [4.69, 9.17) is 16.3 Å². The number of hydrogen-bond acceptors (Lipinski definition) is 4. The van der Waals surface area contributed by atoms with E-state index in [-0.39, 0.29) is 0 Å². The van der Waals surface area contributed by atoms with E-state index in [2.05, 4.69) is 16.5 Å². The number of halogens is 1. The van der Waals surface area contributed by atoms with Crippen molar-refractivity contribution in [3.05, 3.63) is 29.4 Å². The van der Waals surface area contributed by atoms with E-state index in [1.165, 1.54) is 17.7 Å². The van der Waals surface area contributed by atoms with Crippen molar-refractivity contribution < 1.29 is 4.74 Å². The maximum atomic E-state index is 5.98. The molecule has 0 unspecified atom stereocenters. The van der Waals surface area contributed by atoms with Crippen molar-refractivity contribution in [1.82, 2.24) is 9.97 Å². The number of nitrogens with zero attached hydrogens (tertiary/aromatic N) is 2. The van der Waals surface area contributed by atoms with E-state index in [0.717, 1.165) is 10.2 Å². The van der Waals surface area contributed by atoms with Crippen LogP contribution in [0.15, 0.2) is 24.4 Å².